The highest BCUT2D eigenvalue weighted by Crippen LogP contribution is 2.26. The molecule has 0 aliphatic carbocycles. The van der Waals surface area contributed by atoms with Crippen molar-refractivity contribution in [2.75, 3.05) is 13.1 Å². The third kappa shape index (κ3) is 4.08. The summed E-state index contributed by atoms with van der Waals surface area (Å²) in [7, 11) is 0. The highest BCUT2D eigenvalue weighted by Gasteiger charge is 2.23. The maximum Gasteiger partial charge on any atom is 0.0498 e. The number of hydrogen-bond donors (Lipinski definition) is 1. The van der Waals surface area contributed by atoms with E-state index in [0.29, 0.717) is 6.04 Å². The summed E-state index contributed by atoms with van der Waals surface area (Å²) in [5.41, 5.74) is 7.66. The molecule has 0 aliphatic rings. The Labute approximate surface area is 120 Å². The Hall–Kier alpha value is -0.380. The van der Waals surface area contributed by atoms with Crippen LogP contribution in [0.4, 0.5) is 0 Å². The van der Waals surface area contributed by atoms with Gasteiger partial charge in [0.15, 0.2) is 0 Å². The zero-order valence-corrected chi connectivity index (χ0v) is 13.3. The van der Waals surface area contributed by atoms with Gasteiger partial charge in [0.25, 0.3) is 0 Å². The highest BCUT2D eigenvalue weighted by atomic mass is 79.9. The van der Waals surface area contributed by atoms with Gasteiger partial charge >= 0.3 is 0 Å². The van der Waals surface area contributed by atoms with Crippen LogP contribution in [0.15, 0.2) is 28.7 Å². The largest absolute Gasteiger partial charge is 0.326 e. The molecular formula is C15H25BrN2. The van der Waals surface area contributed by atoms with Gasteiger partial charge in [-0.3, -0.25) is 4.90 Å². The van der Waals surface area contributed by atoms with Crippen molar-refractivity contribution in [3.05, 3.63) is 34.3 Å². The minimum Gasteiger partial charge on any atom is -0.326 e. The van der Waals surface area contributed by atoms with Crippen LogP contribution in [0.3, 0.4) is 0 Å². The topological polar surface area (TPSA) is 29.3 Å². The fraction of sp³-hybridized carbons (Fsp3) is 0.600. The highest BCUT2D eigenvalue weighted by molar-refractivity contribution is 9.10. The lowest BCUT2D eigenvalue weighted by molar-refractivity contribution is 0.178. The van der Waals surface area contributed by atoms with Crippen LogP contribution in [-0.4, -0.2) is 24.0 Å². The summed E-state index contributed by atoms with van der Waals surface area (Å²) in [6, 6.07) is 9.09. The second-order valence-electron chi connectivity index (χ2n) is 4.70. The van der Waals surface area contributed by atoms with Crippen LogP contribution in [0, 0.1) is 0 Å². The minimum atomic E-state index is 0.192. The molecule has 1 rings (SSSR count). The van der Waals surface area contributed by atoms with E-state index in [4.69, 9.17) is 5.73 Å². The molecule has 0 saturated heterocycles. The lowest BCUT2D eigenvalue weighted by atomic mass is 9.96. The molecule has 0 amide bonds. The monoisotopic (exact) mass is 312 g/mol. The second kappa shape index (κ2) is 7.93. The molecular weight excluding hydrogens is 288 g/mol. The van der Waals surface area contributed by atoms with E-state index >= 15 is 0 Å². The standard InChI is InChI=1S/C15H25BrN2/c1-4-11-18(6-3)15(14(17)5-2)12-7-9-13(16)10-8-12/h7-10,14-15H,4-6,11,17H2,1-3H3. The van der Waals surface area contributed by atoms with E-state index in [1.165, 1.54) is 5.56 Å². The Morgan fingerprint density at radius 1 is 1.17 bits per heavy atom. The van der Waals surface area contributed by atoms with E-state index in [-0.39, 0.29) is 6.04 Å². The number of nitrogens with two attached hydrogens (primary N) is 1. The quantitative estimate of drug-likeness (QED) is 0.825. The lowest BCUT2D eigenvalue weighted by Crippen LogP contribution is -2.41. The van der Waals surface area contributed by atoms with Crippen LogP contribution >= 0.6 is 15.9 Å². The molecule has 2 atom stereocenters. The van der Waals surface area contributed by atoms with Gasteiger partial charge in [-0.25, -0.2) is 0 Å². The molecule has 18 heavy (non-hydrogen) atoms. The summed E-state index contributed by atoms with van der Waals surface area (Å²) in [6.45, 7) is 8.74. The van der Waals surface area contributed by atoms with Crippen molar-refractivity contribution in [3.63, 3.8) is 0 Å². The fourth-order valence-corrected chi connectivity index (χ4v) is 2.66. The summed E-state index contributed by atoms with van der Waals surface area (Å²) in [6.07, 6.45) is 2.16. The number of nitrogens with zero attached hydrogens (tertiary/aromatic N) is 1. The number of halogens is 1. The molecule has 3 heteroatoms. The van der Waals surface area contributed by atoms with Gasteiger partial charge in [-0.2, -0.15) is 0 Å². The number of rotatable bonds is 7. The van der Waals surface area contributed by atoms with E-state index in [1.54, 1.807) is 0 Å². The molecule has 0 radical (unpaired) electrons. The van der Waals surface area contributed by atoms with Gasteiger partial charge < -0.3 is 5.73 Å². The lowest BCUT2D eigenvalue weighted by Gasteiger charge is -2.34. The van der Waals surface area contributed by atoms with Crippen molar-refractivity contribution >= 4 is 15.9 Å². The maximum absolute atomic E-state index is 6.34. The van der Waals surface area contributed by atoms with Gasteiger partial charge in [0, 0.05) is 16.6 Å². The molecule has 0 aromatic heterocycles. The maximum atomic E-state index is 6.34. The van der Waals surface area contributed by atoms with Gasteiger partial charge in [-0.05, 0) is 43.6 Å². The predicted molar refractivity (Wildman–Crippen MR) is 82.7 cm³/mol. The van der Waals surface area contributed by atoms with Crippen LogP contribution in [0.25, 0.3) is 0 Å². The first kappa shape index (κ1) is 15.7. The molecule has 2 N–H and O–H groups in total. The summed E-state index contributed by atoms with van der Waals surface area (Å²) >= 11 is 3.49. The normalized spacial score (nSPS) is 14.8. The second-order valence-corrected chi connectivity index (χ2v) is 5.61. The third-order valence-electron chi connectivity index (χ3n) is 3.40. The molecule has 2 unspecified atom stereocenters. The molecule has 102 valence electrons. The molecule has 0 saturated carbocycles. The van der Waals surface area contributed by atoms with E-state index < -0.39 is 0 Å². The predicted octanol–water partition coefficient (Wildman–Crippen LogP) is 3.96. The Kier molecular flexibility index (Phi) is 6.90. The van der Waals surface area contributed by atoms with Crippen LogP contribution in [0.1, 0.15) is 45.2 Å². The average Bonchev–Trinajstić information content (AvgIpc) is 2.39. The molecule has 0 bridgehead atoms. The molecule has 0 aliphatic heterocycles. The summed E-state index contributed by atoms with van der Waals surface area (Å²) < 4.78 is 1.12. The Morgan fingerprint density at radius 2 is 1.78 bits per heavy atom. The van der Waals surface area contributed by atoms with E-state index in [0.717, 1.165) is 30.4 Å². The van der Waals surface area contributed by atoms with Gasteiger partial charge in [0.2, 0.25) is 0 Å². The fourth-order valence-electron chi connectivity index (χ4n) is 2.39. The molecule has 2 nitrogen and oxygen atoms in total. The zero-order chi connectivity index (χ0) is 13.5. The van der Waals surface area contributed by atoms with Crippen molar-refractivity contribution in [2.45, 2.75) is 45.7 Å². The van der Waals surface area contributed by atoms with Gasteiger partial charge in [0.1, 0.15) is 0 Å². The first-order chi connectivity index (χ1) is 8.63. The van der Waals surface area contributed by atoms with Crippen molar-refractivity contribution < 1.29 is 0 Å². The van der Waals surface area contributed by atoms with Crippen molar-refractivity contribution in [1.82, 2.24) is 4.90 Å². The first-order valence-electron chi connectivity index (χ1n) is 6.89. The van der Waals surface area contributed by atoms with Gasteiger partial charge in [-0.15, -0.1) is 0 Å². The summed E-state index contributed by atoms with van der Waals surface area (Å²) in [4.78, 5) is 2.48. The van der Waals surface area contributed by atoms with Crippen molar-refractivity contribution in [2.24, 2.45) is 5.73 Å². The number of hydrogen-bond acceptors (Lipinski definition) is 2. The minimum absolute atomic E-state index is 0.192. The molecule has 1 aromatic rings. The Bertz CT molecular complexity index is 337. The summed E-state index contributed by atoms with van der Waals surface area (Å²) in [5.74, 6) is 0. The van der Waals surface area contributed by atoms with Gasteiger partial charge in [0.05, 0.1) is 0 Å². The van der Waals surface area contributed by atoms with Crippen LogP contribution in [0.2, 0.25) is 0 Å². The van der Waals surface area contributed by atoms with Crippen molar-refractivity contribution in [1.29, 1.82) is 0 Å². The van der Waals surface area contributed by atoms with E-state index in [2.05, 4.69) is 65.9 Å². The first-order valence-corrected chi connectivity index (χ1v) is 7.68. The molecule has 0 spiro atoms. The van der Waals surface area contributed by atoms with Crippen LogP contribution < -0.4 is 5.73 Å². The SMILES string of the molecule is CCCN(CC)C(c1ccc(Br)cc1)C(N)CC. The van der Waals surface area contributed by atoms with E-state index in [1.807, 2.05) is 0 Å². The molecule has 1 aromatic carbocycles. The third-order valence-corrected chi connectivity index (χ3v) is 3.93. The zero-order valence-electron chi connectivity index (χ0n) is 11.7. The van der Waals surface area contributed by atoms with Crippen LogP contribution in [-0.2, 0) is 0 Å². The smallest absolute Gasteiger partial charge is 0.0498 e. The molecule has 0 heterocycles. The Morgan fingerprint density at radius 3 is 2.22 bits per heavy atom. The number of benzene rings is 1. The van der Waals surface area contributed by atoms with Gasteiger partial charge in [-0.1, -0.05) is 48.8 Å². The van der Waals surface area contributed by atoms with Crippen LogP contribution in [0.5, 0.6) is 0 Å². The molecule has 0 fully saturated rings. The summed E-state index contributed by atoms with van der Waals surface area (Å²) in [5, 5.41) is 0. The van der Waals surface area contributed by atoms with Crippen molar-refractivity contribution in [3.8, 4) is 0 Å². The number of likely N-dealkylation sites (N-methyl/N-ethyl adjacent to an activating group) is 1. The Balaban J connectivity index is 2.99. The average molecular weight is 313 g/mol. The van der Waals surface area contributed by atoms with E-state index in [9.17, 15) is 0 Å².